The van der Waals surface area contributed by atoms with Crippen molar-refractivity contribution in [2.24, 2.45) is 0 Å². The lowest BCUT2D eigenvalue weighted by Crippen LogP contribution is -2.30. The maximum atomic E-state index is 13.1. The van der Waals surface area contributed by atoms with Crippen molar-refractivity contribution in [1.29, 1.82) is 0 Å². The molecule has 1 N–H and O–H groups in total. The molecule has 1 atom stereocenters. The van der Waals surface area contributed by atoms with Crippen molar-refractivity contribution in [2.75, 3.05) is 13.3 Å². The fraction of sp³-hybridized carbons (Fsp3) is 0.250. The number of hydrogen-bond donors (Lipinski definition) is 1. The molecule has 0 radical (unpaired) electrons. The van der Waals surface area contributed by atoms with Gasteiger partial charge in [0.1, 0.15) is 5.25 Å². The highest BCUT2D eigenvalue weighted by Crippen LogP contribution is 2.37. The topological polar surface area (TPSA) is 94.6 Å². The van der Waals surface area contributed by atoms with Crippen LogP contribution in [0.4, 0.5) is 0 Å². The lowest BCUT2D eigenvalue weighted by Gasteiger charge is -2.18. The van der Waals surface area contributed by atoms with Crippen LogP contribution in [0.25, 0.3) is 0 Å². The molecular weight excluding hydrogens is 332 g/mol. The molecule has 0 spiro atoms. The standard InChI is InChI=1S/C16H16N2O5S/c1-11(19)18-9-16(12-3-2-6-17-8-12)24(20,21)13-4-5-14-15(7-13)23-10-22-14/h2-8,16H,9-10H2,1H3,(H,18,19)/t16-/m1/s1. The fourth-order valence-electron chi connectivity index (χ4n) is 2.43. The van der Waals surface area contributed by atoms with E-state index in [-0.39, 0.29) is 24.1 Å². The lowest BCUT2D eigenvalue weighted by molar-refractivity contribution is -0.118. The smallest absolute Gasteiger partial charge is 0.231 e. The number of sulfone groups is 1. The number of fused-ring (bicyclic) bond motifs is 1. The van der Waals surface area contributed by atoms with Crippen molar-refractivity contribution in [3.8, 4) is 11.5 Å². The third-order valence-electron chi connectivity index (χ3n) is 3.64. The summed E-state index contributed by atoms with van der Waals surface area (Å²) in [6.07, 6.45) is 3.04. The molecule has 7 nitrogen and oxygen atoms in total. The van der Waals surface area contributed by atoms with Gasteiger partial charge in [0, 0.05) is 31.9 Å². The average molecular weight is 348 g/mol. The zero-order chi connectivity index (χ0) is 17.2. The first kappa shape index (κ1) is 16.3. The second kappa shape index (κ2) is 6.48. The van der Waals surface area contributed by atoms with Crippen molar-refractivity contribution in [1.82, 2.24) is 10.3 Å². The number of pyridine rings is 1. The van der Waals surface area contributed by atoms with Crippen molar-refractivity contribution in [3.05, 3.63) is 48.3 Å². The maximum absolute atomic E-state index is 13.1. The SMILES string of the molecule is CC(=O)NC[C@H](c1cccnc1)S(=O)(=O)c1ccc2c(c1)OCO2. The highest BCUT2D eigenvalue weighted by atomic mass is 32.2. The van der Waals surface area contributed by atoms with Gasteiger partial charge in [-0.25, -0.2) is 8.42 Å². The Balaban J connectivity index is 2.00. The third-order valence-corrected chi connectivity index (χ3v) is 5.74. The van der Waals surface area contributed by atoms with Gasteiger partial charge in [0.15, 0.2) is 21.3 Å². The van der Waals surface area contributed by atoms with Crippen LogP contribution in [-0.4, -0.2) is 32.6 Å². The minimum Gasteiger partial charge on any atom is -0.454 e. The van der Waals surface area contributed by atoms with Crippen LogP contribution in [0, 0.1) is 0 Å². The summed E-state index contributed by atoms with van der Waals surface area (Å²) in [7, 11) is -3.76. The normalized spacial score (nSPS) is 14.2. The molecule has 2 heterocycles. The molecular formula is C16H16N2O5S. The number of nitrogens with one attached hydrogen (secondary N) is 1. The molecule has 1 aliphatic heterocycles. The highest BCUT2D eigenvalue weighted by Gasteiger charge is 2.31. The number of carbonyl (C=O) groups is 1. The summed E-state index contributed by atoms with van der Waals surface area (Å²) < 4.78 is 36.6. The Morgan fingerprint density at radius 2 is 2.08 bits per heavy atom. The van der Waals surface area contributed by atoms with Gasteiger partial charge >= 0.3 is 0 Å². The van der Waals surface area contributed by atoms with Gasteiger partial charge in [-0.2, -0.15) is 0 Å². The molecule has 0 aliphatic carbocycles. The van der Waals surface area contributed by atoms with Crippen LogP contribution in [0.2, 0.25) is 0 Å². The molecule has 24 heavy (non-hydrogen) atoms. The minimum atomic E-state index is -3.76. The first-order chi connectivity index (χ1) is 11.5. The Morgan fingerprint density at radius 1 is 1.29 bits per heavy atom. The first-order valence-electron chi connectivity index (χ1n) is 7.26. The van der Waals surface area contributed by atoms with Gasteiger partial charge in [-0.15, -0.1) is 0 Å². The quantitative estimate of drug-likeness (QED) is 0.879. The van der Waals surface area contributed by atoms with E-state index in [1.165, 1.54) is 25.3 Å². The molecule has 1 amide bonds. The van der Waals surface area contributed by atoms with Gasteiger partial charge in [0.25, 0.3) is 0 Å². The summed E-state index contributed by atoms with van der Waals surface area (Å²) >= 11 is 0. The van der Waals surface area contributed by atoms with Crippen molar-refractivity contribution in [2.45, 2.75) is 17.1 Å². The summed E-state index contributed by atoms with van der Waals surface area (Å²) in [5.41, 5.74) is 0.504. The number of aromatic nitrogens is 1. The van der Waals surface area contributed by atoms with Gasteiger partial charge in [-0.1, -0.05) is 6.07 Å². The third kappa shape index (κ3) is 3.18. The van der Waals surface area contributed by atoms with Crippen molar-refractivity contribution in [3.63, 3.8) is 0 Å². The van der Waals surface area contributed by atoms with Crippen LogP contribution in [0.5, 0.6) is 11.5 Å². The van der Waals surface area contributed by atoms with E-state index in [1.54, 1.807) is 24.4 Å². The van der Waals surface area contributed by atoms with Crippen molar-refractivity contribution >= 4 is 15.7 Å². The Labute approximate surface area is 139 Å². The van der Waals surface area contributed by atoms with Crippen LogP contribution in [-0.2, 0) is 14.6 Å². The van der Waals surface area contributed by atoms with Crippen LogP contribution >= 0.6 is 0 Å². The van der Waals surface area contributed by atoms with Crippen LogP contribution in [0.1, 0.15) is 17.7 Å². The van der Waals surface area contributed by atoms with Crippen LogP contribution < -0.4 is 14.8 Å². The Bertz CT molecular complexity index is 852. The fourth-order valence-corrected chi connectivity index (χ4v) is 4.09. The van der Waals surface area contributed by atoms with Gasteiger partial charge in [-0.3, -0.25) is 9.78 Å². The molecule has 1 aliphatic rings. The molecule has 8 heteroatoms. The predicted molar refractivity (Wildman–Crippen MR) is 85.4 cm³/mol. The molecule has 0 saturated carbocycles. The monoisotopic (exact) mass is 348 g/mol. The number of amides is 1. The van der Waals surface area contributed by atoms with E-state index in [0.717, 1.165) is 0 Å². The maximum Gasteiger partial charge on any atom is 0.231 e. The second-order valence-electron chi connectivity index (χ2n) is 5.27. The molecule has 0 bridgehead atoms. The molecule has 0 fully saturated rings. The highest BCUT2D eigenvalue weighted by molar-refractivity contribution is 7.91. The average Bonchev–Trinajstić information content (AvgIpc) is 3.03. The van der Waals surface area contributed by atoms with E-state index in [0.29, 0.717) is 17.1 Å². The number of carbonyl (C=O) groups excluding carboxylic acids is 1. The predicted octanol–water partition coefficient (Wildman–Crippen LogP) is 1.46. The van der Waals surface area contributed by atoms with Gasteiger partial charge in [0.2, 0.25) is 12.7 Å². The number of benzene rings is 1. The largest absolute Gasteiger partial charge is 0.454 e. The summed E-state index contributed by atoms with van der Waals surface area (Å²) in [5, 5.41) is 1.62. The van der Waals surface area contributed by atoms with Gasteiger partial charge in [-0.05, 0) is 23.8 Å². The summed E-state index contributed by atoms with van der Waals surface area (Å²) in [4.78, 5) is 15.3. The molecule has 1 aromatic carbocycles. The van der Waals surface area contributed by atoms with E-state index in [2.05, 4.69) is 10.3 Å². The molecule has 126 valence electrons. The number of hydrogen-bond acceptors (Lipinski definition) is 6. The van der Waals surface area contributed by atoms with Crippen LogP contribution in [0.3, 0.4) is 0 Å². The van der Waals surface area contributed by atoms with Crippen molar-refractivity contribution < 1.29 is 22.7 Å². The van der Waals surface area contributed by atoms with Gasteiger partial charge < -0.3 is 14.8 Å². The Kier molecular flexibility index (Phi) is 4.39. The summed E-state index contributed by atoms with van der Waals surface area (Å²) in [6, 6.07) is 7.80. The molecule has 3 rings (SSSR count). The lowest BCUT2D eigenvalue weighted by atomic mass is 10.2. The van der Waals surface area contributed by atoms with E-state index in [4.69, 9.17) is 9.47 Å². The van der Waals surface area contributed by atoms with Crippen LogP contribution in [0.15, 0.2) is 47.6 Å². The molecule has 2 aromatic rings. The Hall–Kier alpha value is -2.61. The van der Waals surface area contributed by atoms with E-state index >= 15 is 0 Å². The molecule has 0 saturated heterocycles. The zero-order valence-corrected chi connectivity index (χ0v) is 13.7. The van der Waals surface area contributed by atoms with E-state index < -0.39 is 15.1 Å². The first-order valence-corrected chi connectivity index (χ1v) is 8.81. The van der Waals surface area contributed by atoms with Gasteiger partial charge in [0.05, 0.1) is 4.90 Å². The van der Waals surface area contributed by atoms with E-state index in [1.807, 2.05) is 0 Å². The summed E-state index contributed by atoms with van der Waals surface area (Å²) in [6.45, 7) is 1.36. The summed E-state index contributed by atoms with van der Waals surface area (Å²) in [5.74, 6) is 0.596. The molecule has 0 unspecified atom stereocenters. The van der Waals surface area contributed by atoms with E-state index in [9.17, 15) is 13.2 Å². The zero-order valence-electron chi connectivity index (χ0n) is 12.9. The number of rotatable bonds is 5. The number of nitrogens with zero attached hydrogens (tertiary/aromatic N) is 1. The molecule has 1 aromatic heterocycles. The minimum absolute atomic E-state index is 0.0438. The Morgan fingerprint density at radius 3 is 2.79 bits per heavy atom. The number of ether oxygens (including phenoxy) is 2. The second-order valence-corrected chi connectivity index (χ2v) is 7.40.